The molecule has 1 atom stereocenters. The number of hydrogen-bond acceptors (Lipinski definition) is 4. The summed E-state index contributed by atoms with van der Waals surface area (Å²) in [5, 5.41) is 11.0. The van der Waals surface area contributed by atoms with Gasteiger partial charge in [-0.05, 0) is 31.0 Å². The van der Waals surface area contributed by atoms with Crippen LogP contribution in [0.5, 0.6) is 0 Å². The van der Waals surface area contributed by atoms with Crippen LogP contribution < -0.4 is 4.90 Å². The van der Waals surface area contributed by atoms with Gasteiger partial charge in [0, 0.05) is 43.4 Å². The second kappa shape index (κ2) is 8.34. The van der Waals surface area contributed by atoms with Gasteiger partial charge in [0.25, 0.3) is 0 Å². The molecule has 0 amide bonds. The second-order valence-electron chi connectivity index (χ2n) is 6.66. The summed E-state index contributed by atoms with van der Waals surface area (Å²) in [4.78, 5) is 4.67. The number of piperazine rings is 1. The lowest BCUT2D eigenvalue weighted by Gasteiger charge is -2.37. The molecule has 0 aromatic heterocycles. The van der Waals surface area contributed by atoms with E-state index < -0.39 is 0 Å². The smallest absolute Gasteiger partial charge is 0.0900 e. The molecule has 1 aliphatic carbocycles. The third-order valence-corrected chi connectivity index (χ3v) is 5.08. The molecule has 5 heteroatoms. The van der Waals surface area contributed by atoms with Crippen molar-refractivity contribution in [3.63, 3.8) is 0 Å². The highest BCUT2D eigenvalue weighted by molar-refractivity contribution is 6.30. The SMILES string of the molecule is O[C@H](COC1CCCC1)CN1CCN(c2cccc(Cl)c2)CC1. The van der Waals surface area contributed by atoms with Crippen molar-refractivity contribution in [3.05, 3.63) is 29.3 Å². The number of aliphatic hydroxyl groups is 1. The number of hydrogen-bond donors (Lipinski definition) is 1. The maximum absolute atomic E-state index is 10.2. The highest BCUT2D eigenvalue weighted by Crippen LogP contribution is 2.22. The molecule has 2 aliphatic rings. The van der Waals surface area contributed by atoms with E-state index in [1.807, 2.05) is 18.2 Å². The first kappa shape index (κ1) is 17.0. The van der Waals surface area contributed by atoms with Crippen LogP contribution in [-0.2, 0) is 4.74 Å². The Morgan fingerprint density at radius 2 is 1.91 bits per heavy atom. The van der Waals surface area contributed by atoms with E-state index in [1.165, 1.54) is 18.5 Å². The van der Waals surface area contributed by atoms with E-state index in [2.05, 4.69) is 15.9 Å². The summed E-state index contributed by atoms with van der Waals surface area (Å²) in [6, 6.07) is 8.02. The molecule has 1 aromatic rings. The normalized spacial score (nSPS) is 21.7. The van der Waals surface area contributed by atoms with E-state index in [9.17, 15) is 5.11 Å². The standard InChI is InChI=1S/C18H27ClN2O2/c19-15-4-3-5-16(12-15)21-10-8-20(9-11-21)13-17(22)14-23-18-6-1-2-7-18/h3-5,12,17-18,22H,1-2,6-11,13-14H2/t17-/m0/s1. The largest absolute Gasteiger partial charge is 0.389 e. The van der Waals surface area contributed by atoms with Crippen LogP contribution in [-0.4, -0.2) is 61.5 Å². The van der Waals surface area contributed by atoms with E-state index >= 15 is 0 Å². The lowest BCUT2D eigenvalue weighted by Crippen LogP contribution is -2.49. The van der Waals surface area contributed by atoms with Gasteiger partial charge < -0.3 is 14.7 Å². The first-order valence-corrected chi connectivity index (χ1v) is 9.11. The molecule has 128 valence electrons. The van der Waals surface area contributed by atoms with Crippen LogP contribution in [0.1, 0.15) is 25.7 Å². The predicted molar refractivity (Wildman–Crippen MR) is 94.3 cm³/mol. The van der Waals surface area contributed by atoms with E-state index in [1.54, 1.807) is 0 Å². The van der Waals surface area contributed by atoms with Gasteiger partial charge in [0.05, 0.1) is 18.8 Å². The van der Waals surface area contributed by atoms with Crippen molar-refractivity contribution >= 4 is 17.3 Å². The first-order chi connectivity index (χ1) is 11.2. The van der Waals surface area contributed by atoms with Gasteiger partial charge >= 0.3 is 0 Å². The van der Waals surface area contributed by atoms with Gasteiger partial charge in [0.1, 0.15) is 0 Å². The van der Waals surface area contributed by atoms with Crippen LogP contribution in [0.3, 0.4) is 0 Å². The summed E-state index contributed by atoms with van der Waals surface area (Å²) in [6.45, 7) is 5.04. The molecule has 1 N–H and O–H groups in total. The third kappa shape index (κ3) is 5.08. The minimum Gasteiger partial charge on any atom is -0.389 e. The highest BCUT2D eigenvalue weighted by atomic mass is 35.5. The topological polar surface area (TPSA) is 35.9 Å². The lowest BCUT2D eigenvalue weighted by atomic mass is 10.2. The monoisotopic (exact) mass is 338 g/mol. The van der Waals surface area contributed by atoms with E-state index in [-0.39, 0.29) is 6.10 Å². The van der Waals surface area contributed by atoms with Gasteiger partial charge in [0.2, 0.25) is 0 Å². The van der Waals surface area contributed by atoms with Crippen molar-refractivity contribution in [2.75, 3.05) is 44.2 Å². The Morgan fingerprint density at radius 1 is 1.17 bits per heavy atom. The Hall–Kier alpha value is -0.810. The van der Waals surface area contributed by atoms with Gasteiger partial charge in [0.15, 0.2) is 0 Å². The third-order valence-electron chi connectivity index (χ3n) is 4.84. The Kier molecular flexibility index (Phi) is 6.17. The van der Waals surface area contributed by atoms with Crippen molar-refractivity contribution in [1.29, 1.82) is 0 Å². The molecular weight excluding hydrogens is 312 g/mol. The summed E-state index contributed by atoms with van der Waals surface area (Å²) >= 11 is 6.07. The molecule has 1 heterocycles. The van der Waals surface area contributed by atoms with Crippen LogP contribution in [0.15, 0.2) is 24.3 Å². The number of benzene rings is 1. The fraction of sp³-hybridized carbons (Fsp3) is 0.667. The number of ether oxygens (including phenoxy) is 1. The summed E-state index contributed by atoms with van der Waals surface area (Å²) in [5.74, 6) is 0. The summed E-state index contributed by atoms with van der Waals surface area (Å²) < 4.78 is 5.81. The first-order valence-electron chi connectivity index (χ1n) is 8.73. The van der Waals surface area contributed by atoms with Crippen molar-refractivity contribution in [1.82, 2.24) is 4.90 Å². The van der Waals surface area contributed by atoms with Gasteiger partial charge in [-0.1, -0.05) is 30.5 Å². The predicted octanol–water partition coefficient (Wildman–Crippen LogP) is 2.78. The quantitative estimate of drug-likeness (QED) is 0.865. The molecular formula is C18H27ClN2O2. The highest BCUT2D eigenvalue weighted by Gasteiger charge is 2.21. The van der Waals surface area contributed by atoms with Crippen LogP contribution in [0.25, 0.3) is 0 Å². The Bertz CT molecular complexity index is 486. The Labute approximate surface area is 144 Å². The number of anilines is 1. The summed E-state index contributed by atoms with van der Waals surface area (Å²) in [5.41, 5.74) is 1.18. The number of aliphatic hydroxyl groups excluding tert-OH is 1. The van der Waals surface area contributed by atoms with Gasteiger partial charge in [-0.25, -0.2) is 0 Å². The van der Waals surface area contributed by atoms with E-state index in [4.69, 9.17) is 16.3 Å². The summed E-state index contributed by atoms with van der Waals surface area (Å²) in [6.07, 6.45) is 4.85. The van der Waals surface area contributed by atoms with Crippen LogP contribution in [0, 0.1) is 0 Å². The lowest BCUT2D eigenvalue weighted by molar-refractivity contribution is -0.0188. The molecule has 1 aliphatic heterocycles. The number of rotatable bonds is 6. The Balaban J connectivity index is 1.38. The van der Waals surface area contributed by atoms with Gasteiger partial charge in [-0.15, -0.1) is 0 Å². The molecule has 2 fully saturated rings. The van der Waals surface area contributed by atoms with Crippen molar-refractivity contribution in [2.45, 2.75) is 37.9 Å². The molecule has 1 saturated carbocycles. The Morgan fingerprint density at radius 3 is 2.61 bits per heavy atom. The second-order valence-corrected chi connectivity index (χ2v) is 7.10. The molecule has 0 spiro atoms. The average molecular weight is 339 g/mol. The van der Waals surface area contributed by atoms with Crippen molar-refractivity contribution < 1.29 is 9.84 Å². The van der Waals surface area contributed by atoms with Crippen LogP contribution in [0.4, 0.5) is 5.69 Å². The molecule has 0 radical (unpaired) electrons. The maximum atomic E-state index is 10.2. The van der Waals surface area contributed by atoms with Crippen molar-refractivity contribution in [3.8, 4) is 0 Å². The molecule has 1 aromatic carbocycles. The average Bonchev–Trinajstić information content (AvgIpc) is 3.07. The van der Waals surface area contributed by atoms with E-state index in [0.717, 1.165) is 44.0 Å². The van der Waals surface area contributed by atoms with Crippen LogP contribution in [0.2, 0.25) is 5.02 Å². The molecule has 0 unspecified atom stereocenters. The minimum absolute atomic E-state index is 0.379. The fourth-order valence-corrected chi connectivity index (χ4v) is 3.70. The molecule has 0 bridgehead atoms. The zero-order chi connectivity index (χ0) is 16.1. The summed E-state index contributed by atoms with van der Waals surface area (Å²) in [7, 11) is 0. The number of β-amino-alcohol motifs (C(OH)–C–C–N with tert-alkyl or cyclic N) is 1. The zero-order valence-electron chi connectivity index (χ0n) is 13.7. The molecule has 1 saturated heterocycles. The van der Waals surface area contributed by atoms with Crippen molar-refractivity contribution in [2.24, 2.45) is 0 Å². The van der Waals surface area contributed by atoms with Gasteiger partial charge in [-0.3, -0.25) is 4.90 Å². The molecule has 4 nitrogen and oxygen atoms in total. The maximum Gasteiger partial charge on any atom is 0.0900 e. The zero-order valence-corrected chi connectivity index (χ0v) is 14.4. The van der Waals surface area contributed by atoms with Crippen LogP contribution >= 0.6 is 11.6 Å². The van der Waals surface area contributed by atoms with E-state index in [0.29, 0.717) is 19.3 Å². The number of nitrogens with zero attached hydrogens (tertiary/aromatic N) is 2. The minimum atomic E-state index is -0.381. The number of halogens is 1. The molecule has 3 rings (SSSR count). The molecule has 23 heavy (non-hydrogen) atoms. The van der Waals surface area contributed by atoms with Gasteiger partial charge in [-0.2, -0.15) is 0 Å². The fourth-order valence-electron chi connectivity index (χ4n) is 3.51.